The van der Waals surface area contributed by atoms with Crippen molar-refractivity contribution in [2.75, 3.05) is 11.4 Å². The van der Waals surface area contributed by atoms with Gasteiger partial charge in [0.2, 0.25) is 0 Å². The average Bonchev–Trinajstić information content (AvgIpc) is 2.36. The predicted octanol–water partition coefficient (Wildman–Crippen LogP) is 2.32. The molecule has 1 aromatic rings. The van der Waals surface area contributed by atoms with Crippen molar-refractivity contribution in [1.82, 2.24) is 0 Å². The van der Waals surface area contributed by atoms with Crippen molar-refractivity contribution >= 4 is 11.7 Å². The van der Waals surface area contributed by atoms with Crippen molar-refractivity contribution in [2.45, 2.75) is 19.4 Å². The summed E-state index contributed by atoms with van der Waals surface area (Å²) in [6.45, 7) is 6.38. The molecule has 2 rings (SSSR count). The van der Waals surface area contributed by atoms with Gasteiger partial charge in [0, 0.05) is 18.3 Å². The molecule has 0 aromatic heterocycles. The first-order valence-electron chi connectivity index (χ1n) is 5.83. The van der Waals surface area contributed by atoms with E-state index in [1.807, 2.05) is 37.3 Å². The minimum atomic E-state index is -0.722. The third-order valence-electron chi connectivity index (χ3n) is 3.37. The molecule has 0 spiro atoms. The summed E-state index contributed by atoms with van der Waals surface area (Å²) in [5.41, 5.74) is 2.25. The van der Waals surface area contributed by atoms with Crippen molar-refractivity contribution in [3.63, 3.8) is 0 Å². The van der Waals surface area contributed by atoms with Crippen LogP contribution in [-0.4, -0.2) is 23.7 Å². The number of anilines is 1. The quantitative estimate of drug-likeness (QED) is 0.812. The summed E-state index contributed by atoms with van der Waals surface area (Å²) < 4.78 is 0. The van der Waals surface area contributed by atoms with Gasteiger partial charge in [0.25, 0.3) is 0 Å². The monoisotopic (exact) mass is 231 g/mol. The van der Waals surface area contributed by atoms with Crippen LogP contribution in [0.4, 0.5) is 5.69 Å². The predicted molar refractivity (Wildman–Crippen MR) is 68.3 cm³/mol. The van der Waals surface area contributed by atoms with Crippen LogP contribution in [0, 0.1) is 5.92 Å². The highest BCUT2D eigenvalue weighted by Crippen LogP contribution is 2.31. The lowest BCUT2D eigenvalue weighted by atomic mass is 9.91. The summed E-state index contributed by atoms with van der Waals surface area (Å²) >= 11 is 0. The van der Waals surface area contributed by atoms with E-state index in [9.17, 15) is 9.90 Å². The van der Waals surface area contributed by atoms with E-state index in [0.29, 0.717) is 13.0 Å². The molecule has 3 heteroatoms. The van der Waals surface area contributed by atoms with Gasteiger partial charge in [-0.25, -0.2) is 0 Å². The highest BCUT2D eigenvalue weighted by Gasteiger charge is 2.30. The van der Waals surface area contributed by atoms with Gasteiger partial charge >= 0.3 is 5.97 Å². The highest BCUT2D eigenvalue weighted by atomic mass is 16.4. The second-order valence-corrected chi connectivity index (χ2v) is 4.50. The highest BCUT2D eigenvalue weighted by molar-refractivity contribution is 5.74. The zero-order valence-corrected chi connectivity index (χ0v) is 9.97. The minimum Gasteiger partial charge on any atom is -0.481 e. The van der Waals surface area contributed by atoms with E-state index in [2.05, 4.69) is 11.5 Å². The van der Waals surface area contributed by atoms with E-state index < -0.39 is 5.97 Å². The summed E-state index contributed by atoms with van der Waals surface area (Å²) in [5, 5.41) is 9.18. The number of hydrogen-bond acceptors (Lipinski definition) is 2. The van der Waals surface area contributed by atoms with Gasteiger partial charge in [0.1, 0.15) is 0 Å². The Balaban J connectivity index is 2.38. The Morgan fingerprint density at radius 2 is 2.29 bits per heavy atom. The molecule has 90 valence electrons. The van der Waals surface area contributed by atoms with Crippen molar-refractivity contribution in [3.05, 3.63) is 42.5 Å². The van der Waals surface area contributed by atoms with E-state index >= 15 is 0 Å². The number of carboxylic acid groups (broad SMARTS) is 1. The number of carboxylic acids is 1. The third kappa shape index (κ3) is 2.18. The van der Waals surface area contributed by atoms with E-state index in [1.54, 1.807) is 0 Å². The molecule has 1 N–H and O–H groups in total. The molecule has 2 unspecified atom stereocenters. The fourth-order valence-electron chi connectivity index (χ4n) is 2.31. The molecular weight excluding hydrogens is 214 g/mol. The Morgan fingerprint density at radius 1 is 1.59 bits per heavy atom. The maximum atomic E-state index is 11.2. The number of aliphatic carboxylic acids is 1. The fraction of sp³-hybridized carbons (Fsp3) is 0.357. The molecule has 0 saturated carbocycles. The number of nitrogens with zero attached hydrogens (tertiary/aromatic N) is 1. The minimum absolute atomic E-state index is 0.151. The maximum absolute atomic E-state index is 11.2. The average molecular weight is 231 g/mol. The summed E-state index contributed by atoms with van der Waals surface area (Å²) in [5.74, 6) is -1.05. The lowest BCUT2D eigenvalue weighted by Crippen LogP contribution is -2.43. The molecule has 1 heterocycles. The molecular formula is C14H17NO2. The fourth-order valence-corrected chi connectivity index (χ4v) is 2.31. The van der Waals surface area contributed by atoms with Crippen LogP contribution in [0.3, 0.4) is 0 Å². The van der Waals surface area contributed by atoms with E-state index in [1.165, 1.54) is 0 Å². The van der Waals surface area contributed by atoms with Crippen LogP contribution in [-0.2, 0) is 11.2 Å². The number of benzene rings is 1. The van der Waals surface area contributed by atoms with Crippen LogP contribution in [0.5, 0.6) is 0 Å². The molecule has 0 fully saturated rings. The molecule has 1 aliphatic rings. The van der Waals surface area contributed by atoms with Crippen LogP contribution < -0.4 is 4.90 Å². The molecule has 17 heavy (non-hydrogen) atoms. The first kappa shape index (κ1) is 11.7. The largest absolute Gasteiger partial charge is 0.481 e. The van der Waals surface area contributed by atoms with Crippen LogP contribution in [0.25, 0.3) is 0 Å². The Labute approximate surface area is 101 Å². The van der Waals surface area contributed by atoms with Crippen molar-refractivity contribution in [2.24, 2.45) is 5.92 Å². The molecule has 2 atom stereocenters. The number of carbonyl (C=O) groups is 1. The molecule has 0 bridgehead atoms. The first-order valence-corrected chi connectivity index (χ1v) is 5.83. The summed E-state index contributed by atoms with van der Waals surface area (Å²) in [6.07, 6.45) is 2.47. The second kappa shape index (κ2) is 4.62. The Hall–Kier alpha value is -1.77. The molecule has 0 saturated heterocycles. The van der Waals surface area contributed by atoms with E-state index in [-0.39, 0.29) is 12.0 Å². The zero-order chi connectivity index (χ0) is 12.4. The topological polar surface area (TPSA) is 40.5 Å². The number of hydrogen-bond donors (Lipinski definition) is 1. The molecule has 0 aliphatic carbocycles. The lowest BCUT2D eigenvalue weighted by Gasteiger charge is -2.37. The van der Waals surface area contributed by atoms with Crippen LogP contribution in [0.1, 0.15) is 12.5 Å². The van der Waals surface area contributed by atoms with Gasteiger partial charge in [-0.2, -0.15) is 0 Å². The zero-order valence-electron chi connectivity index (χ0n) is 9.97. The van der Waals surface area contributed by atoms with Gasteiger partial charge in [0.05, 0.1) is 5.92 Å². The van der Waals surface area contributed by atoms with E-state index in [0.717, 1.165) is 11.3 Å². The molecule has 3 nitrogen and oxygen atoms in total. The Morgan fingerprint density at radius 3 is 2.94 bits per heavy atom. The molecule has 1 aliphatic heterocycles. The van der Waals surface area contributed by atoms with Crippen LogP contribution in [0.15, 0.2) is 36.9 Å². The normalized spacial score (nSPS) is 20.5. The summed E-state index contributed by atoms with van der Waals surface area (Å²) in [7, 11) is 0. The second-order valence-electron chi connectivity index (χ2n) is 4.50. The van der Waals surface area contributed by atoms with E-state index in [4.69, 9.17) is 0 Å². The van der Waals surface area contributed by atoms with Crippen molar-refractivity contribution < 1.29 is 9.90 Å². The van der Waals surface area contributed by atoms with Crippen LogP contribution in [0.2, 0.25) is 0 Å². The lowest BCUT2D eigenvalue weighted by molar-refractivity contribution is -0.141. The Kier molecular flexibility index (Phi) is 3.18. The van der Waals surface area contributed by atoms with Gasteiger partial charge in [-0.3, -0.25) is 4.79 Å². The first-order chi connectivity index (χ1) is 8.13. The van der Waals surface area contributed by atoms with Gasteiger partial charge in [0.15, 0.2) is 0 Å². The number of rotatable bonds is 3. The van der Waals surface area contributed by atoms with Gasteiger partial charge in [-0.1, -0.05) is 24.3 Å². The molecule has 0 radical (unpaired) electrons. The van der Waals surface area contributed by atoms with Crippen molar-refractivity contribution in [1.29, 1.82) is 0 Å². The molecule has 1 aromatic carbocycles. The Bertz CT molecular complexity index is 442. The summed E-state index contributed by atoms with van der Waals surface area (Å²) in [4.78, 5) is 13.3. The standard InChI is InChI=1S/C14H17NO2/c1-3-10(2)15-9-12(14(16)17)8-11-6-4-5-7-13(11)15/h3-7,10,12H,1,8-9H2,2H3,(H,16,17). The maximum Gasteiger partial charge on any atom is 0.308 e. The van der Waals surface area contributed by atoms with Gasteiger partial charge < -0.3 is 10.0 Å². The third-order valence-corrected chi connectivity index (χ3v) is 3.37. The number of para-hydroxylation sites is 1. The number of fused-ring (bicyclic) bond motifs is 1. The van der Waals surface area contributed by atoms with Crippen molar-refractivity contribution in [3.8, 4) is 0 Å². The SMILES string of the molecule is C=CC(C)N1CC(C(=O)O)Cc2ccccc21. The van der Waals surface area contributed by atoms with Gasteiger partial charge in [-0.15, -0.1) is 6.58 Å². The molecule has 0 amide bonds. The summed E-state index contributed by atoms with van der Waals surface area (Å²) in [6, 6.07) is 8.15. The van der Waals surface area contributed by atoms with Gasteiger partial charge in [-0.05, 0) is 25.0 Å². The smallest absolute Gasteiger partial charge is 0.308 e. The van der Waals surface area contributed by atoms with Crippen LogP contribution >= 0.6 is 0 Å².